The summed E-state index contributed by atoms with van der Waals surface area (Å²) in [6.45, 7) is 5.61. The van der Waals surface area contributed by atoms with Gasteiger partial charge in [-0.1, -0.05) is 51.0 Å². The molecule has 0 fully saturated rings. The fraction of sp³-hybridized carbons (Fsp3) is 0.600. The Morgan fingerprint density at radius 2 is 1.36 bits per heavy atom. The maximum atomic E-state index is 12.5. The van der Waals surface area contributed by atoms with Gasteiger partial charge >= 0.3 is 35.5 Å². The van der Waals surface area contributed by atoms with E-state index in [9.17, 15) is 24.3 Å². The summed E-state index contributed by atoms with van der Waals surface area (Å²) in [5, 5.41) is 11.5. The summed E-state index contributed by atoms with van der Waals surface area (Å²) >= 11 is 0. The van der Waals surface area contributed by atoms with Gasteiger partial charge in [0.25, 0.3) is 0 Å². The summed E-state index contributed by atoms with van der Waals surface area (Å²) in [4.78, 5) is 48.9. The van der Waals surface area contributed by atoms with E-state index in [1.54, 1.807) is 31.2 Å². The van der Waals surface area contributed by atoms with Crippen molar-refractivity contribution in [3.8, 4) is 0 Å². The smallest absolute Gasteiger partial charge is 0.548 e. The molecular weight excluding hydrogens is 373 g/mol. The minimum atomic E-state index is -1.69. The van der Waals surface area contributed by atoms with E-state index >= 15 is 0 Å². The van der Waals surface area contributed by atoms with Gasteiger partial charge in [0.05, 0.1) is 25.0 Å². The fourth-order valence-electron chi connectivity index (χ4n) is 2.28. The number of nitrogens with zero attached hydrogens (tertiary/aromatic N) is 1. The molecule has 0 saturated heterocycles. The number of hydrogen-bond acceptors (Lipinski definition) is 6. The molecule has 0 spiro atoms. The first-order chi connectivity index (χ1) is 12.9. The fourth-order valence-corrected chi connectivity index (χ4v) is 2.28. The van der Waals surface area contributed by atoms with Crippen LogP contribution in [-0.2, 0) is 23.9 Å². The van der Waals surface area contributed by atoms with Crippen LogP contribution < -0.4 is 34.7 Å². The number of imide groups is 1. The number of carboxylic acid groups (broad SMARTS) is 1. The van der Waals surface area contributed by atoms with Crippen LogP contribution in [0, 0.1) is 0 Å². The Kier molecular flexibility index (Phi) is 18.1. The van der Waals surface area contributed by atoms with E-state index in [1.165, 1.54) is 0 Å². The molecule has 0 aliphatic heterocycles. The van der Waals surface area contributed by atoms with Crippen LogP contribution in [0.3, 0.4) is 0 Å². The SMILES string of the molecule is CCC/C=C/CC(=O)N(C(=O)C/C=C/CCC)C(CC(=O)OCC)C(=O)[O-].[Na+]. The number of amides is 2. The monoisotopic (exact) mass is 403 g/mol. The number of unbranched alkanes of at least 4 members (excludes halogenated alkanes) is 2. The maximum absolute atomic E-state index is 12.5. The van der Waals surface area contributed by atoms with Crippen LogP contribution in [0.15, 0.2) is 24.3 Å². The van der Waals surface area contributed by atoms with Crippen molar-refractivity contribution in [3.63, 3.8) is 0 Å². The Hall–Kier alpha value is -1.44. The number of carbonyl (C=O) groups is 4. The average Bonchev–Trinajstić information content (AvgIpc) is 2.62. The predicted octanol–water partition coefficient (Wildman–Crippen LogP) is -1.09. The third kappa shape index (κ3) is 12.1. The van der Waals surface area contributed by atoms with Crippen LogP contribution in [0.4, 0.5) is 0 Å². The standard InChI is InChI=1S/C20H31NO6.Na/c1-4-7-9-11-13-17(22)21(18(23)14-12-10-8-5-2)16(20(25)26)15-19(24)27-6-3;/h9-12,16H,4-8,13-15H2,1-3H3,(H,25,26);/q;+1/p-1/b11-9+,12-10+;. The predicted molar refractivity (Wildman–Crippen MR) is 99.2 cm³/mol. The minimum absolute atomic E-state index is 0. The Bertz CT molecular complexity index is 529. The molecule has 0 radical (unpaired) electrons. The molecule has 0 bridgehead atoms. The van der Waals surface area contributed by atoms with Gasteiger partial charge < -0.3 is 14.6 Å². The van der Waals surface area contributed by atoms with Crippen LogP contribution in [0.1, 0.15) is 65.7 Å². The Labute approximate surface area is 189 Å². The molecule has 1 atom stereocenters. The second-order valence-electron chi connectivity index (χ2n) is 5.93. The molecule has 0 saturated carbocycles. The van der Waals surface area contributed by atoms with Crippen molar-refractivity contribution in [2.24, 2.45) is 0 Å². The van der Waals surface area contributed by atoms with Gasteiger partial charge in [-0.25, -0.2) is 0 Å². The first-order valence-corrected chi connectivity index (χ1v) is 9.40. The van der Waals surface area contributed by atoms with E-state index in [-0.39, 0.29) is 49.0 Å². The van der Waals surface area contributed by atoms with Crippen LogP contribution in [-0.4, -0.2) is 41.3 Å². The van der Waals surface area contributed by atoms with Gasteiger partial charge in [0, 0.05) is 12.8 Å². The van der Waals surface area contributed by atoms with E-state index < -0.39 is 36.2 Å². The second kappa shape index (κ2) is 17.6. The molecule has 0 heterocycles. The number of allylic oxidation sites excluding steroid dienone is 2. The first-order valence-electron chi connectivity index (χ1n) is 9.40. The van der Waals surface area contributed by atoms with Crippen molar-refractivity contribution in [1.29, 1.82) is 0 Å². The molecule has 7 nitrogen and oxygen atoms in total. The van der Waals surface area contributed by atoms with Crippen molar-refractivity contribution in [2.45, 2.75) is 71.8 Å². The van der Waals surface area contributed by atoms with Gasteiger partial charge in [0.1, 0.15) is 0 Å². The summed E-state index contributed by atoms with van der Waals surface area (Å²) in [7, 11) is 0. The van der Waals surface area contributed by atoms with E-state index in [1.807, 2.05) is 13.8 Å². The van der Waals surface area contributed by atoms with Gasteiger partial charge in [-0.05, 0) is 19.8 Å². The van der Waals surface area contributed by atoms with Gasteiger partial charge in [-0.15, -0.1) is 0 Å². The number of esters is 1. The number of hydrogen-bond donors (Lipinski definition) is 0. The third-order valence-electron chi connectivity index (χ3n) is 3.62. The zero-order valence-corrected chi connectivity index (χ0v) is 19.4. The molecular formula is C20H30NNaO6. The minimum Gasteiger partial charge on any atom is -0.548 e. The summed E-state index contributed by atoms with van der Waals surface area (Å²) in [5.74, 6) is -3.84. The summed E-state index contributed by atoms with van der Waals surface area (Å²) in [6, 6.07) is -1.69. The van der Waals surface area contributed by atoms with Crippen LogP contribution in [0.25, 0.3) is 0 Å². The Morgan fingerprint density at radius 1 is 0.893 bits per heavy atom. The largest absolute Gasteiger partial charge is 1.00 e. The number of carbonyl (C=O) groups excluding carboxylic acids is 4. The topological polar surface area (TPSA) is 104 Å². The van der Waals surface area contributed by atoms with Crippen LogP contribution in [0.2, 0.25) is 0 Å². The van der Waals surface area contributed by atoms with Gasteiger partial charge in [-0.2, -0.15) is 0 Å². The molecule has 2 amide bonds. The molecule has 0 aromatic rings. The van der Waals surface area contributed by atoms with E-state index in [4.69, 9.17) is 4.74 Å². The molecule has 152 valence electrons. The van der Waals surface area contributed by atoms with Gasteiger partial charge in [-0.3, -0.25) is 19.3 Å². The summed E-state index contributed by atoms with van der Waals surface area (Å²) in [6.07, 6.45) is 9.23. The molecule has 0 aromatic carbocycles. The molecule has 1 unspecified atom stereocenters. The quantitative estimate of drug-likeness (QED) is 0.220. The number of ether oxygens (including phenoxy) is 1. The Morgan fingerprint density at radius 3 is 1.71 bits per heavy atom. The van der Waals surface area contributed by atoms with Gasteiger partial charge in [0.15, 0.2) is 0 Å². The first kappa shape index (κ1) is 28.8. The van der Waals surface area contributed by atoms with Crippen molar-refractivity contribution < 1.29 is 58.6 Å². The molecule has 0 aromatic heterocycles. The maximum Gasteiger partial charge on any atom is 1.00 e. The van der Waals surface area contributed by atoms with Crippen molar-refractivity contribution >= 4 is 23.8 Å². The van der Waals surface area contributed by atoms with E-state index in [2.05, 4.69) is 0 Å². The number of carboxylic acids is 1. The molecule has 0 aliphatic carbocycles. The van der Waals surface area contributed by atoms with Crippen molar-refractivity contribution in [2.75, 3.05) is 6.61 Å². The van der Waals surface area contributed by atoms with Crippen LogP contribution >= 0.6 is 0 Å². The molecule has 0 aliphatic rings. The van der Waals surface area contributed by atoms with E-state index in [0.29, 0.717) is 4.90 Å². The summed E-state index contributed by atoms with van der Waals surface area (Å²) in [5.41, 5.74) is 0. The van der Waals surface area contributed by atoms with E-state index in [0.717, 1.165) is 25.7 Å². The van der Waals surface area contributed by atoms with Crippen molar-refractivity contribution in [1.82, 2.24) is 4.90 Å². The summed E-state index contributed by atoms with van der Waals surface area (Å²) < 4.78 is 4.75. The molecule has 8 heteroatoms. The van der Waals surface area contributed by atoms with Gasteiger partial charge in [0.2, 0.25) is 11.8 Å². The van der Waals surface area contributed by atoms with Crippen molar-refractivity contribution in [3.05, 3.63) is 24.3 Å². The normalized spacial score (nSPS) is 11.8. The zero-order chi connectivity index (χ0) is 20.7. The second-order valence-corrected chi connectivity index (χ2v) is 5.93. The Balaban J connectivity index is 0. The average molecular weight is 403 g/mol. The molecule has 0 N–H and O–H groups in total. The zero-order valence-electron chi connectivity index (χ0n) is 17.4. The van der Waals surface area contributed by atoms with Crippen LogP contribution in [0.5, 0.6) is 0 Å². The molecule has 28 heavy (non-hydrogen) atoms. The number of aliphatic carboxylic acids is 1. The molecule has 0 rings (SSSR count). The number of rotatable bonds is 13. The third-order valence-corrected chi connectivity index (χ3v) is 3.62.